The third kappa shape index (κ3) is 23.6. The van der Waals surface area contributed by atoms with Crippen LogP contribution in [0.5, 0.6) is 0 Å². The second-order valence-electron chi connectivity index (χ2n) is 28.2. The normalized spacial score (nSPS) is 27.0. The van der Waals surface area contributed by atoms with E-state index in [1.807, 2.05) is 55.4 Å². The highest BCUT2D eigenvalue weighted by Crippen LogP contribution is 2.30. The Bertz CT molecular complexity index is 2560. The van der Waals surface area contributed by atoms with Crippen LogP contribution in [0.3, 0.4) is 0 Å². The van der Waals surface area contributed by atoms with Crippen molar-refractivity contribution in [2.75, 3.05) is 49.3 Å². The predicted molar refractivity (Wildman–Crippen MR) is 352 cm³/mol. The van der Waals surface area contributed by atoms with Crippen LogP contribution in [-0.4, -0.2) is 219 Å². The molecule has 1 unspecified atom stereocenters. The number of aliphatic carboxylic acids is 1. The van der Waals surface area contributed by atoms with Gasteiger partial charge in [0.05, 0.1) is 18.2 Å². The van der Waals surface area contributed by atoms with E-state index in [0.717, 1.165) is 15.9 Å². The third-order valence-corrected chi connectivity index (χ3v) is 18.0. The number of allylic oxidation sites excluding steroid dienone is 2. The molecule has 0 saturated carbocycles. The molecular weight excluding hydrogens is 1160 g/mol. The zero-order valence-electron chi connectivity index (χ0n) is 59.8. The first-order valence-electron chi connectivity index (χ1n) is 33.0. The zero-order chi connectivity index (χ0) is 70.5. The number of aliphatic hydroxyl groups excluding tert-OH is 1. The number of nitrogens with zero attached hydrogens (tertiary/aromatic N) is 7. The maximum atomic E-state index is 15.3. The van der Waals surface area contributed by atoms with Crippen molar-refractivity contribution < 1.29 is 67.7 Å². The van der Waals surface area contributed by atoms with Crippen LogP contribution in [0.1, 0.15) is 182 Å². The molecule has 0 aromatic rings. The Morgan fingerprint density at radius 3 is 1.34 bits per heavy atom. The maximum absolute atomic E-state index is 15.3. The monoisotopic (exact) mass is 1280 g/mol. The van der Waals surface area contributed by atoms with Gasteiger partial charge in [-0.15, -0.1) is 0 Å². The summed E-state index contributed by atoms with van der Waals surface area (Å²) in [5.41, 5.74) is 0. The fraction of sp³-hybridized carbons (Fsp3) is 0.768. The molecule has 3 N–H and O–H groups in total. The van der Waals surface area contributed by atoms with E-state index >= 15 is 28.8 Å². The minimum Gasteiger partial charge on any atom is -0.478 e. The number of Topliss-reactive ketones (excluding diaryl/α,β-unsaturated/α-hetero) is 3. The van der Waals surface area contributed by atoms with Gasteiger partial charge in [0, 0.05) is 92.4 Å². The van der Waals surface area contributed by atoms with Crippen LogP contribution in [0.2, 0.25) is 0 Å². The lowest BCUT2D eigenvalue weighted by molar-refractivity contribution is -0.157. The molecule has 22 nitrogen and oxygen atoms in total. The molecule has 1 heterocycles. The summed E-state index contributed by atoms with van der Waals surface area (Å²) in [5.74, 6) is -13.5. The first kappa shape index (κ1) is 82.7. The van der Waals surface area contributed by atoms with E-state index in [1.54, 1.807) is 60.6 Å². The quantitative estimate of drug-likeness (QED) is 0.0926. The molecule has 8 amide bonds. The smallest absolute Gasteiger partial charge is 0.327 e. The van der Waals surface area contributed by atoms with Gasteiger partial charge in [-0.05, 0) is 100 Å². The molecule has 1 rings (SSSR count). The molecule has 0 aromatic carbocycles. The Labute approximate surface area is 545 Å². The van der Waals surface area contributed by atoms with E-state index in [-0.39, 0.29) is 75.0 Å². The Morgan fingerprint density at radius 1 is 0.495 bits per heavy atom. The van der Waals surface area contributed by atoms with Gasteiger partial charge in [-0.1, -0.05) is 122 Å². The molecule has 22 heteroatoms. The lowest BCUT2D eigenvalue weighted by atomic mass is 9.84. The number of hydrogen-bond donors (Lipinski definition) is 3. The van der Waals surface area contributed by atoms with Crippen molar-refractivity contribution in [1.82, 2.24) is 39.6 Å². The maximum Gasteiger partial charge on any atom is 0.327 e. The van der Waals surface area contributed by atoms with Crippen molar-refractivity contribution >= 4 is 70.6 Å². The molecule has 0 aromatic heterocycles. The summed E-state index contributed by atoms with van der Waals surface area (Å²) >= 11 is 0. The van der Waals surface area contributed by atoms with Gasteiger partial charge in [-0.25, -0.2) is 4.79 Å². The molecule has 1 aliphatic rings. The predicted octanol–water partition coefficient (Wildman–Crippen LogP) is 6.94. The van der Waals surface area contributed by atoms with Crippen molar-refractivity contribution in [2.24, 2.45) is 59.2 Å². The molecule has 0 bridgehead atoms. The van der Waals surface area contributed by atoms with Crippen molar-refractivity contribution in [3.05, 3.63) is 24.3 Å². The summed E-state index contributed by atoms with van der Waals surface area (Å²) in [6, 6.07) is -9.97. The summed E-state index contributed by atoms with van der Waals surface area (Å²) in [4.78, 5) is 184. The van der Waals surface area contributed by atoms with E-state index in [0.29, 0.717) is 6.42 Å². The SMILES string of the molecule is C/C=C/C[C@@H](C)[C@@H](O)[C@H]1C(=O)C[C@@H](CC)C(=O)N(C)C(C/C=C/C(=O)O)C(=O)N(C)[C@@H](CC(C)C)C(=O)C[C@@H](C(C)C)C(=O)N(C)[C@@H](CC(C)C)C(=O)C[C@@H](C)C(=O)N[C@H](C)C(=O)N(C)[C@@H](CC(C)C)C(=O)N(C)[C@@H](CC(C)C)C(=O)N(C)[C@@H](C(C)C)C(=O)N1C. The summed E-state index contributed by atoms with van der Waals surface area (Å²) in [6.45, 7) is 30.1. The minimum atomic E-state index is -1.58. The van der Waals surface area contributed by atoms with Crippen molar-refractivity contribution in [2.45, 2.75) is 236 Å². The van der Waals surface area contributed by atoms with Crippen LogP contribution in [-0.2, 0) is 57.5 Å². The molecule has 0 spiro atoms. The second-order valence-corrected chi connectivity index (χ2v) is 28.2. The van der Waals surface area contributed by atoms with Gasteiger partial charge >= 0.3 is 5.97 Å². The number of amides is 8. The van der Waals surface area contributed by atoms with Crippen molar-refractivity contribution in [3.63, 3.8) is 0 Å². The molecule has 13 atom stereocenters. The molecule has 1 saturated heterocycles. The highest BCUT2D eigenvalue weighted by atomic mass is 16.4. The fourth-order valence-electron chi connectivity index (χ4n) is 12.2. The molecule has 1 aliphatic heterocycles. The summed E-state index contributed by atoms with van der Waals surface area (Å²) in [5, 5.41) is 24.7. The second kappa shape index (κ2) is 38.0. The summed E-state index contributed by atoms with van der Waals surface area (Å²) in [7, 11) is 9.96. The third-order valence-electron chi connectivity index (χ3n) is 18.0. The Hall–Kier alpha value is -6.32. The van der Waals surface area contributed by atoms with Gasteiger partial charge in [0.25, 0.3) is 0 Å². The van der Waals surface area contributed by atoms with Gasteiger partial charge < -0.3 is 49.8 Å². The fourth-order valence-corrected chi connectivity index (χ4v) is 12.2. The number of ketones is 3. The topological polar surface area (TPSA) is 280 Å². The van der Waals surface area contributed by atoms with Crippen LogP contribution in [0, 0.1) is 59.2 Å². The molecular formula is C69H118N8O14. The lowest BCUT2D eigenvalue weighted by Crippen LogP contribution is -2.61. The van der Waals surface area contributed by atoms with Crippen LogP contribution in [0.15, 0.2) is 24.3 Å². The number of carbonyl (C=O) groups is 12. The highest BCUT2D eigenvalue weighted by Gasteiger charge is 2.46. The van der Waals surface area contributed by atoms with Crippen molar-refractivity contribution in [1.29, 1.82) is 0 Å². The van der Waals surface area contributed by atoms with Gasteiger partial charge in [0.15, 0.2) is 17.3 Å². The zero-order valence-corrected chi connectivity index (χ0v) is 59.8. The van der Waals surface area contributed by atoms with Gasteiger partial charge in [0.1, 0.15) is 36.3 Å². The van der Waals surface area contributed by atoms with Gasteiger partial charge in [0.2, 0.25) is 47.3 Å². The number of hydrogen-bond acceptors (Lipinski definition) is 13. The van der Waals surface area contributed by atoms with E-state index in [9.17, 15) is 39.0 Å². The molecule has 0 aliphatic carbocycles. The minimum absolute atomic E-state index is 0.0345. The van der Waals surface area contributed by atoms with Gasteiger partial charge in [-0.2, -0.15) is 0 Å². The molecule has 91 heavy (non-hydrogen) atoms. The van der Waals surface area contributed by atoms with Crippen LogP contribution >= 0.6 is 0 Å². The van der Waals surface area contributed by atoms with Crippen LogP contribution in [0.4, 0.5) is 0 Å². The highest BCUT2D eigenvalue weighted by molar-refractivity contribution is 6.00. The Morgan fingerprint density at radius 2 is 0.901 bits per heavy atom. The molecule has 1 fully saturated rings. The number of aliphatic hydroxyl groups is 1. The van der Waals surface area contributed by atoms with Gasteiger partial charge in [-0.3, -0.25) is 52.7 Å². The average molecular weight is 1280 g/mol. The van der Waals surface area contributed by atoms with Crippen molar-refractivity contribution in [3.8, 4) is 0 Å². The standard InChI is InChI=1S/C69H118N8O14/c1-25-27-29-45(15)61(83)60-57(80)37-48(26-2)64(86)71(18)50(30-28-31-58(81)82)66(88)73(20)52(33-40(5)6)56(79)38-49(43(11)12)65(87)72(19)51(32-39(3)4)55(78)36-46(16)62(84)70-47(17)63(85)74(21)53(34-41(7)8)67(89)75(22)54(35-42(9)10)68(90)76(23)59(44(13)14)69(91)77(60)24/h25,27-28,31,39-54,59-61,83H,26,29-30,32-38H2,1-24H3,(H,70,84)(H,81,82)/b27-25+,31-28+/t45-,46-,47-,48-,49+,50?,51+,52+,53+,54+,59+,60-,61-/m1/s1. The first-order chi connectivity index (χ1) is 42.0. The van der Waals surface area contributed by atoms with E-state index in [1.165, 1.54) is 93.8 Å². The molecule has 518 valence electrons. The number of carboxylic acids is 1. The van der Waals surface area contributed by atoms with E-state index in [4.69, 9.17) is 0 Å². The summed E-state index contributed by atoms with van der Waals surface area (Å²) in [6.07, 6.45) is 3.55. The Balaban J connectivity index is 4.54. The largest absolute Gasteiger partial charge is 0.478 e. The lowest BCUT2D eigenvalue weighted by Gasteiger charge is -2.41. The average Bonchev–Trinajstić information content (AvgIpc) is 0.906. The first-order valence-corrected chi connectivity index (χ1v) is 33.0. The number of rotatable bonds is 18. The summed E-state index contributed by atoms with van der Waals surface area (Å²) < 4.78 is 0. The number of carbonyl (C=O) groups excluding carboxylic acids is 11. The Kier molecular flexibility index (Phi) is 34.5. The molecule has 0 radical (unpaired) electrons. The number of carboxylic acid groups (broad SMARTS) is 1. The number of nitrogens with one attached hydrogen (secondary N) is 1. The van der Waals surface area contributed by atoms with E-state index < -0.39 is 167 Å². The van der Waals surface area contributed by atoms with Crippen LogP contribution < -0.4 is 5.32 Å². The van der Waals surface area contributed by atoms with E-state index in [2.05, 4.69) is 5.32 Å². The number of likely N-dealkylation sites (N-methyl/N-ethyl adjacent to an activating group) is 7. The van der Waals surface area contributed by atoms with Crippen LogP contribution in [0.25, 0.3) is 0 Å².